The first-order valence-electron chi connectivity index (χ1n) is 10.8. The van der Waals surface area contributed by atoms with E-state index in [0.717, 1.165) is 43.8 Å². The fourth-order valence-electron chi connectivity index (χ4n) is 4.96. The number of hydrogen-bond acceptors (Lipinski definition) is 5. The Balaban J connectivity index is 1.39. The molecular weight excluding hydrogens is 360 g/mol. The minimum absolute atomic E-state index is 0.374. The largest absolute Gasteiger partial charge is 0.356 e. The van der Waals surface area contributed by atoms with Crippen LogP contribution in [0.1, 0.15) is 42.3 Å². The molecule has 3 aromatic heterocycles. The van der Waals surface area contributed by atoms with Crippen molar-refractivity contribution in [2.24, 2.45) is 0 Å². The number of rotatable bonds is 5. The highest BCUT2D eigenvalue weighted by atomic mass is 15.3. The molecule has 1 saturated heterocycles. The van der Waals surface area contributed by atoms with Crippen molar-refractivity contribution in [3.05, 3.63) is 59.7 Å². The van der Waals surface area contributed by atoms with Gasteiger partial charge in [0, 0.05) is 38.1 Å². The molecule has 2 aliphatic rings. The highest BCUT2D eigenvalue weighted by molar-refractivity contribution is 5.53. The third-order valence-electron chi connectivity index (χ3n) is 6.55. The van der Waals surface area contributed by atoms with E-state index in [-0.39, 0.29) is 0 Å². The van der Waals surface area contributed by atoms with Gasteiger partial charge >= 0.3 is 0 Å². The van der Waals surface area contributed by atoms with Crippen LogP contribution in [0.5, 0.6) is 0 Å². The molecule has 2 atom stereocenters. The number of anilines is 1. The number of hydrogen-bond donors (Lipinski definition) is 1. The van der Waals surface area contributed by atoms with Gasteiger partial charge in [-0.3, -0.25) is 14.3 Å². The Morgan fingerprint density at radius 3 is 3.00 bits per heavy atom. The van der Waals surface area contributed by atoms with E-state index in [4.69, 9.17) is 9.97 Å². The van der Waals surface area contributed by atoms with Crippen molar-refractivity contribution in [2.45, 2.75) is 44.3 Å². The zero-order chi connectivity index (χ0) is 19.8. The molecule has 0 aromatic carbocycles. The van der Waals surface area contributed by atoms with E-state index in [0.29, 0.717) is 12.1 Å². The van der Waals surface area contributed by atoms with Crippen molar-refractivity contribution in [2.75, 3.05) is 32.1 Å². The van der Waals surface area contributed by atoms with E-state index in [9.17, 15) is 0 Å². The van der Waals surface area contributed by atoms with E-state index in [1.54, 1.807) is 0 Å². The first-order chi connectivity index (χ1) is 14.2. The van der Waals surface area contributed by atoms with Crippen LogP contribution in [-0.4, -0.2) is 52.5 Å². The van der Waals surface area contributed by atoms with Crippen LogP contribution in [0.25, 0.3) is 5.65 Å². The molecule has 6 heteroatoms. The SMILES string of the molecule is CN[C@@H]1CCN(c2cccc3nc(CN(C)C4CCCc5cccnc54)cn23)C1. The van der Waals surface area contributed by atoms with Gasteiger partial charge in [-0.25, -0.2) is 4.98 Å². The third kappa shape index (κ3) is 3.51. The summed E-state index contributed by atoms with van der Waals surface area (Å²) < 4.78 is 2.26. The second-order valence-corrected chi connectivity index (χ2v) is 8.44. The topological polar surface area (TPSA) is 48.7 Å². The van der Waals surface area contributed by atoms with Gasteiger partial charge in [-0.15, -0.1) is 0 Å². The summed E-state index contributed by atoms with van der Waals surface area (Å²) in [5.74, 6) is 1.24. The fourth-order valence-corrected chi connectivity index (χ4v) is 4.96. The Bertz CT molecular complexity index is 996. The number of nitrogens with zero attached hydrogens (tertiary/aromatic N) is 5. The van der Waals surface area contributed by atoms with Crippen LogP contribution < -0.4 is 10.2 Å². The molecule has 1 N–H and O–H groups in total. The van der Waals surface area contributed by atoms with Crippen LogP contribution in [0.4, 0.5) is 5.82 Å². The Kier molecular flexibility index (Phi) is 4.97. The Morgan fingerprint density at radius 1 is 1.21 bits per heavy atom. The molecule has 29 heavy (non-hydrogen) atoms. The van der Waals surface area contributed by atoms with Crippen molar-refractivity contribution < 1.29 is 0 Å². The van der Waals surface area contributed by atoms with Crippen LogP contribution in [0.15, 0.2) is 42.7 Å². The molecule has 152 valence electrons. The Hall–Kier alpha value is -2.44. The number of aromatic nitrogens is 3. The minimum Gasteiger partial charge on any atom is -0.356 e. The summed E-state index contributed by atoms with van der Waals surface area (Å²) >= 11 is 0. The zero-order valence-electron chi connectivity index (χ0n) is 17.4. The van der Waals surface area contributed by atoms with Gasteiger partial charge in [0.1, 0.15) is 11.5 Å². The van der Waals surface area contributed by atoms with E-state index in [1.165, 1.54) is 29.9 Å². The molecule has 4 heterocycles. The van der Waals surface area contributed by atoms with Crippen LogP contribution in [0.3, 0.4) is 0 Å². The first kappa shape index (κ1) is 18.6. The van der Waals surface area contributed by atoms with Crippen molar-refractivity contribution in [1.29, 1.82) is 0 Å². The molecule has 1 aliphatic carbocycles. The van der Waals surface area contributed by atoms with Gasteiger partial charge in [-0.05, 0) is 63.5 Å². The maximum absolute atomic E-state index is 4.93. The molecule has 1 unspecified atom stereocenters. The zero-order valence-corrected chi connectivity index (χ0v) is 17.4. The van der Waals surface area contributed by atoms with Crippen molar-refractivity contribution in [3.63, 3.8) is 0 Å². The van der Waals surface area contributed by atoms with Gasteiger partial charge in [-0.1, -0.05) is 12.1 Å². The molecule has 0 amide bonds. The lowest BCUT2D eigenvalue weighted by molar-refractivity contribution is 0.206. The molecular formula is C23H30N6. The second-order valence-electron chi connectivity index (χ2n) is 8.44. The molecule has 5 rings (SSSR count). The predicted octanol–water partition coefficient (Wildman–Crippen LogP) is 3.04. The number of pyridine rings is 2. The number of aryl methyl sites for hydroxylation is 1. The molecule has 1 aliphatic heterocycles. The van der Waals surface area contributed by atoms with Gasteiger partial charge < -0.3 is 10.2 Å². The molecule has 0 spiro atoms. The van der Waals surface area contributed by atoms with Crippen molar-refractivity contribution >= 4 is 11.5 Å². The number of likely N-dealkylation sites (N-methyl/N-ethyl adjacent to an activating group) is 1. The van der Waals surface area contributed by atoms with Crippen molar-refractivity contribution in [3.8, 4) is 0 Å². The highest BCUT2D eigenvalue weighted by Gasteiger charge is 2.26. The minimum atomic E-state index is 0.374. The lowest BCUT2D eigenvalue weighted by atomic mass is 9.91. The monoisotopic (exact) mass is 390 g/mol. The summed E-state index contributed by atoms with van der Waals surface area (Å²) in [6.45, 7) is 2.97. The normalized spacial score (nSPS) is 21.8. The highest BCUT2D eigenvalue weighted by Crippen LogP contribution is 2.32. The van der Waals surface area contributed by atoms with Crippen molar-refractivity contribution in [1.82, 2.24) is 24.6 Å². The molecule has 0 bridgehead atoms. The summed E-state index contributed by atoms with van der Waals surface area (Å²) in [5.41, 5.74) is 4.80. The summed E-state index contributed by atoms with van der Waals surface area (Å²) in [6.07, 6.45) is 8.87. The van der Waals surface area contributed by atoms with E-state index < -0.39 is 0 Å². The number of nitrogens with one attached hydrogen (secondary N) is 1. The first-order valence-corrected chi connectivity index (χ1v) is 10.8. The third-order valence-corrected chi connectivity index (χ3v) is 6.55. The maximum Gasteiger partial charge on any atom is 0.138 e. The van der Waals surface area contributed by atoms with Crippen LogP contribution in [0.2, 0.25) is 0 Å². The second kappa shape index (κ2) is 7.76. The van der Waals surface area contributed by atoms with Crippen LogP contribution >= 0.6 is 0 Å². The standard InChI is InChI=1S/C23H30N6/c1-24-18-11-13-28(15-18)22-10-4-9-21-26-19(16-29(21)22)14-27(2)20-8-3-6-17-7-5-12-25-23(17)20/h4-5,7,9-10,12,16,18,20,24H,3,6,8,11,13-15H2,1-2H3/t18-,20?/m1/s1. The summed E-state index contributed by atoms with van der Waals surface area (Å²) in [7, 11) is 4.26. The van der Waals surface area contributed by atoms with Gasteiger partial charge in [-0.2, -0.15) is 0 Å². The average Bonchev–Trinajstić information content (AvgIpc) is 3.39. The predicted molar refractivity (Wildman–Crippen MR) is 116 cm³/mol. The Labute approximate surface area is 172 Å². The maximum atomic E-state index is 4.93. The van der Waals surface area contributed by atoms with Gasteiger partial charge in [0.05, 0.1) is 17.4 Å². The van der Waals surface area contributed by atoms with Gasteiger partial charge in [0.25, 0.3) is 0 Å². The van der Waals surface area contributed by atoms with Crippen LogP contribution in [-0.2, 0) is 13.0 Å². The quantitative estimate of drug-likeness (QED) is 0.726. The molecule has 3 aromatic rings. The number of fused-ring (bicyclic) bond motifs is 2. The molecule has 6 nitrogen and oxygen atoms in total. The fraction of sp³-hybridized carbons (Fsp3) is 0.478. The number of imidazole rings is 1. The summed E-state index contributed by atoms with van der Waals surface area (Å²) in [5, 5.41) is 3.41. The van der Waals surface area contributed by atoms with Gasteiger partial charge in [0.2, 0.25) is 0 Å². The lowest BCUT2D eigenvalue weighted by Crippen LogP contribution is -2.30. The molecule has 0 saturated carbocycles. The lowest BCUT2D eigenvalue weighted by Gasteiger charge is -2.31. The Morgan fingerprint density at radius 2 is 2.14 bits per heavy atom. The van der Waals surface area contributed by atoms with Gasteiger partial charge in [0.15, 0.2) is 0 Å². The molecule has 0 radical (unpaired) electrons. The summed E-state index contributed by atoms with van der Waals surface area (Å²) in [4.78, 5) is 14.5. The molecule has 1 fully saturated rings. The van der Waals surface area contributed by atoms with E-state index >= 15 is 0 Å². The average molecular weight is 391 g/mol. The smallest absolute Gasteiger partial charge is 0.138 e. The summed E-state index contributed by atoms with van der Waals surface area (Å²) in [6, 6.07) is 11.7. The van der Waals surface area contributed by atoms with E-state index in [1.807, 2.05) is 6.20 Å². The van der Waals surface area contributed by atoms with E-state index in [2.05, 4.69) is 70.1 Å². The van der Waals surface area contributed by atoms with Crippen LogP contribution in [0, 0.1) is 0 Å².